The van der Waals surface area contributed by atoms with E-state index in [-0.39, 0.29) is 25.3 Å². The Balaban J connectivity index is 3.92. The van der Waals surface area contributed by atoms with Gasteiger partial charge in [0.05, 0.1) is 11.7 Å². The number of aliphatic carboxylic acids is 1. The monoisotopic (exact) mass is 281 g/mol. The molecule has 9 heteroatoms. The largest absolute Gasteiger partial charge is 0.481 e. The molecule has 0 fully saturated rings. The molecule has 0 bridgehead atoms. The number of rotatable bonds is 7. The number of nitrogens with one attached hydrogen (secondary N) is 1. The number of nitrogens with two attached hydrogens (primary N) is 1. The van der Waals surface area contributed by atoms with E-state index in [2.05, 4.69) is 5.32 Å². The topological polar surface area (TPSA) is 130 Å². The molecule has 18 heavy (non-hydrogen) atoms. The molecule has 0 aromatic heterocycles. The second-order valence-electron chi connectivity index (χ2n) is 4.07. The zero-order chi connectivity index (χ0) is 14.3. The zero-order valence-electron chi connectivity index (χ0n) is 10.4. The van der Waals surface area contributed by atoms with Crippen LogP contribution < -0.4 is 10.5 Å². The second kappa shape index (κ2) is 7.17. The van der Waals surface area contributed by atoms with E-state index in [1.165, 1.54) is 18.9 Å². The van der Waals surface area contributed by atoms with Gasteiger partial charge in [-0.15, -0.1) is 0 Å². The van der Waals surface area contributed by atoms with E-state index in [0.717, 1.165) is 0 Å². The average molecular weight is 281 g/mol. The second-order valence-corrected chi connectivity index (χ2v) is 5.81. The summed E-state index contributed by atoms with van der Waals surface area (Å²) < 4.78 is 21.2. The Morgan fingerprint density at radius 3 is 2.44 bits per heavy atom. The highest BCUT2D eigenvalue weighted by Crippen LogP contribution is 1.98. The van der Waals surface area contributed by atoms with Crippen molar-refractivity contribution < 1.29 is 23.1 Å². The molecule has 0 radical (unpaired) electrons. The maximum Gasteiger partial charge on any atom is 0.317 e. The lowest BCUT2D eigenvalue weighted by Crippen LogP contribution is -2.41. The molecule has 0 saturated heterocycles. The van der Waals surface area contributed by atoms with Crippen LogP contribution in [0.3, 0.4) is 0 Å². The smallest absolute Gasteiger partial charge is 0.317 e. The van der Waals surface area contributed by atoms with Crippen LogP contribution in [-0.4, -0.2) is 56.3 Å². The molecule has 1 atom stereocenters. The van der Waals surface area contributed by atoms with Gasteiger partial charge in [0.25, 0.3) is 0 Å². The third-order valence-corrected chi connectivity index (χ3v) is 3.06. The number of amides is 2. The molecule has 0 spiro atoms. The molecule has 0 aliphatic rings. The first-order chi connectivity index (χ1) is 8.13. The van der Waals surface area contributed by atoms with Crippen molar-refractivity contribution in [2.45, 2.75) is 13.3 Å². The average Bonchev–Trinajstić information content (AvgIpc) is 2.22. The summed E-state index contributed by atoms with van der Waals surface area (Å²) in [6, 6.07) is -0.447. The number of carboxylic acid groups (broad SMARTS) is 1. The number of primary sulfonamides is 1. The summed E-state index contributed by atoms with van der Waals surface area (Å²) >= 11 is 0. The SMILES string of the molecule is CC(CN(C)C(=O)NCCCS(N)(=O)=O)C(=O)O. The van der Waals surface area contributed by atoms with Crippen LogP contribution in [0.5, 0.6) is 0 Å². The fraction of sp³-hybridized carbons (Fsp3) is 0.778. The number of carboxylic acids is 1. The van der Waals surface area contributed by atoms with Crippen LogP contribution >= 0.6 is 0 Å². The summed E-state index contributed by atoms with van der Waals surface area (Å²) in [5.41, 5.74) is 0. The first-order valence-corrected chi connectivity index (χ1v) is 7.07. The summed E-state index contributed by atoms with van der Waals surface area (Å²) in [5, 5.41) is 15.9. The molecule has 0 rings (SSSR count). The van der Waals surface area contributed by atoms with Crippen LogP contribution in [0.4, 0.5) is 4.79 Å². The Labute approximate surface area is 106 Å². The molecule has 0 aliphatic carbocycles. The highest BCUT2D eigenvalue weighted by Gasteiger charge is 2.16. The molecule has 0 aromatic rings. The van der Waals surface area contributed by atoms with E-state index < -0.39 is 27.9 Å². The van der Waals surface area contributed by atoms with E-state index in [1.807, 2.05) is 0 Å². The van der Waals surface area contributed by atoms with E-state index in [0.29, 0.717) is 0 Å². The van der Waals surface area contributed by atoms with Gasteiger partial charge in [-0.05, 0) is 6.42 Å². The van der Waals surface area contributed by atoms with Crippen molar-refractivity contribution in [3.63, 3.8) is 0 Å². The molecule has 8 nitrogen and oxygen atoms in total. The third-order valence-electron chi connectivity index (χ3n) is 2.20. The van der Waals surface area contributed by atoms with Gasteiger partial charge in [0.15, 0.2) is 0 Å². The molecule has 106 valence electrons. The number of hydrogen-bond acceptors (Lipinski definition) is 4. The van der Waals surface area contributed by atoms with Gasteiger partial charge in [-0.2, -0.15) is 0 Å². The predicted octanol–water partition coefficient (Wildman–Crippen LogP) is -0.973. The van der Waals surface area contributed by atoms with Crippen molar-refractivity contribution in [2.24, 2.45) is 11.1 Å². The fourth-order valence-corrected chi connectivity index (χ4v) is 1.72. The number of urea groups is 1. The Morgan fingerprint density at radius 1 is 1.44 bits per heavy atom. The predicted molar refractivity (Wildman–Crippen MR) is 65.4 cm³/mol. The Morgan fingerprint density at radius 2 is 2.00 bits per heavy atom. The van der Waals surface area contributed by atoms with Gasteiger partial charge in [-0.1, -0.05) is 6.92 Å². The number of hydrogen-bond donors (Lipinski definition) is 3. The first kappa shape index (κ1) is 16.6. The summed E-state index contributed by atoms with van der Waals surface area (Å²) in [6.07, 6.45) is 0.215. The maximum absolute atomic E-state index is 11.5. The standard InChI is InChI=1S/C9H19N3O5S/c1-7(8(13)14)6-12(2)9(15)11-4-3-5-18(10,16)17/h7H,3-6H2,1-2H3,(H,11,15)(H,13,14)(H2,10,16,17). The van der Waals surface area contributed by atoms with Crippen LogP contribution in [0.25, 0.3) is 0 Å². The van der Waals surface area contributed by atoms with Gasteiger partial charge < -0.3 is 15.3 Å². The van der Waals surface area contributed by atoms with Gasteiger partial charge in [0.2, 0.25) is 10.0 Å². The van der Waals surface area contributed by atoms with Gasteiger partial charge >= 0.3 is 12.0 Å². The lowest BCUT2D eigenvalue weighted by Gasteiger charge is -2.19. The zero-order valence-corrected chi connectivity index (χ0v) is 11.2. The molecule has 2 amide bonds. The van der Waals surface area contributed by atoms with E-state index in [9.17, 15) is 18.0 Å². The normalized spacial score (nSPS) is 12.8. The fourth-order valence-electron chi connectivity index (χ4n) is 1.18. The highest BCUT2D eigenvalue weighted by molar-refractivity contribution is 7.89. The first-order valence-electron chi connectivity index (χ1n) is 5.35. The van der Waals surface area contributed by atoms with Crippen molar-refractivity contribution in [1.29, 1.82) is 0 Å². The van der Waals surface area contributed by atoms with E-state index >= 15 is 0 Å². The summed E-state index contributed by atoms with van der Waals surface area (Å²) in [4.78, 5) is 23.3. The molecular formula is C9H19N3O5S. The van der Waals surface area contributed by atoms with Crippen molar-refractivity contribution in [2.75, 3.05) is 25.9 Å². The quantitative estimate of drug-likeness (QED) is 0.517. The van der Waals surface area contributed by atoms with Gasteiger partial charge in [0, 0.05) is 20.1 Å². The van der Waals surface area contributed by atoms with Gasteiger partial charge in [-0.25, -0.2) is 18.4 Å². The number of carbonyl (C=O) groups excluding carboxylic acids is 1. The van der Waals surface area contributed by atoms with Crippen LogP contribution in [0.1, 0.15) is 13.3 Å². The molecule has 1 unspecified atom stereocenters. The molecular weight excluding hydrogens is 262 g/mol. The van der Waals surface area contributed by atoms with Crippen molar-refractivity contribution in [1.82, 2.24) is 10.2 Å². The molecule has 0 aliphatic heterocycles. The Bertz CT molecular complexity index is 395. The summed E-state index contributed by atoms with van der Waals surface area (Å²) in [7, 11) is -2.05. The van der Waals surface area contributed by atoms with Crippen molar-refractivity contribution >= 4 is 22.0 Å². The molecule has 0 aromatic carbocycles. The minimum atomic E-state index is -3.52. The number of carbonyl (C=O) groups is 2. The van der Waals surface area contributed by atoms with E-state index in [1.54, 1.807) is 0 Å². The minimum absolute atomic E-state index is 0.0797. The van der Waals surface area contributed by atoms with Crippen LogP contribution in [-0.2, 0) is 14.8 Å². The minimum Gasteiger partial charge on any atom is -0.481 e. The third kappa shape index (κ3) is 7.85. The lowest BCUT2D eigenvalue weighted by molar-refractivity contribution is -0.141. The van der Waals surface area contributed by atoms with E-state index in [4.69, 9.17) is 10.2 Å². The van der Waals surface area contributed by atoms with Crippen LogP contribution in [0.2, 0.25) is 0 Å². The summed E-state index contributed by atoms with van der Waals surface area (Å²) in [6.45, 7) is 1.74. The lowest BCUT2D eigenvalue weighted by atomic mass is 10.2. The van der Waals surface area contributed by atoms with Crippen LogP contribution in [0, 0.1) is 5.92 Å². The van der Waals surface area contributed by atoms with Crippen molar-refractivity contribution in [3.05, 3.63) is 0 Å². The number of nitrogens with zero attached hydrogens (tertiary/aromatic N) is 1. The maximum atomic E-state index is 11.5. The number of sulfonamides is 1. The van der Waals surface area contributed by atoms with Gasteiger partial charge in [0.1, 0.15) is 0 Å². The Hall–Kier alpha value is -1.35. The summed E-state index contributed by atoms with van der Waals surface area (Å²) in [5.74, 6) is -1.85. The molecule has 0 heterocycles. The molecule has 4 N–H and O–H groups in total. The highest BCUT2D eigenvalue weighted by atomic mass is 32.2. The van der Waals surface area contributed by atoms with Crippen LogP contribution in [0.15, 0.2) is 0 Å². The Kier molecular flexibility index (Phi) is 6.63. The van der Waals surface area contributed by atoms with Gasteiger partial charge in [-0.3, -0.25) is 4.79 Å². The van der Waals surface area contributed by atoms with Crippen molar-refractivity contribution in [3.8, 4) is 0 Å². The molecule has 0 saturated carbocycles.